The van der Waals surface area contributed by atoms with Gasteiger partial charge in [-0.3, -0.25) is 4.90 Å². The molecule has 0 aromatic carbocycles. The zero-order valence-electron chi connectivity index (χ0n) is 9.08. The van der Waals surface area contributed by atoms with Crippen LogP contribution in [-0.4, -0.2) is 55.1 Å². The molecule has 0 aromatic rings. The van der Waals surface area contributed by atoms with E-state index in [1.54, 1.807) is 0 Å². The molecule has 1 rings (SSSR count). The van der Waals surface area contributed by atoms with Crippen molar-refractivity contribution in [2.45, 2.75) is 6.92 Å². The molecule has 1 fully saturated rings. The highest BCUT2D eigenvalue weighted by molar-refractivity contribution is 6.25. The van der Waals surface area contributed by atoms with Crippen molar-refractivity contribution >= 4 is 17.6 Å². The van der Waals surface area contributed by atoms with Crippen LogP contribution < -0.4 is 5.32 Å². The first-order valence-electron chi connectivity index (χ1n) is 5.28. The fraction of sp³-hybridized carbons (Fsp3) is 0.700. The standard InChI is InChI=1S/C10H18ClN3O/c1-2-12-10(15)14-8-6-13(7-9-14)5-3-4-11/h3-4H,2,5-9H2,1H3,(H,12,15)/b4-3+. The van der Waals surface area contributed by atoms with Gasteiger partial charge in [0.2, 0.25) is 0 Å². The number of urea groups is 1. The second-order valence-corrected chi connectivity index (χ2v) is 3.74. The van der Waals surface area contributed by atoms with Crippen LogP contribution in [0.2, 0.25) is 0 Å². The monoisotopic (exact) mass is 231 g/mol. The summed E-state index contributed by atoms with van der Waals surface area (Å²) in [5.74, 6) is 0. The number of hydrogen-bond acceptors (Lipinski definition) is 2. The Morgan fingerprint density at radius 3 is 2.60 bits per heavy atom. The van der Waals surface area contributed by atoms with Crippen LogP contribution in [0.1, 0.15) is 6.92 Å². The Morgan fingerprint density at radius 1 is 1.40 bits per heavy atom. The number of hydrogen-bond donors (Lipinski definition) is 1. The Hall–Kier alpha value is -0.740. The van der Waals surface area contributed by atoms with Crippen LogP contribution in [0.3, 0.4) is 0 Å². The summed E-state index contributed by atoms with van der Waals surface area (Å²) in [6.07, 6.45) is 1.92. The lowest BCUT2D eigenvalue weighted by Gasteiger charge is -2.33. The minimum Gasteiger partial charge on any atom is -0.338 e. The van der Waals surface area contributed by atoms with Crippen molar-refractivity contribution in [3.63, 3.8) is 0 Å². The van der Waals surface area contributed by atoms with Crippen LogP contribution >= 0.6 is 11.6 Å². The highest BCUT2D eigenvalue weighted by Gasteiger charge is 2.19. The molecule has 1 aliphatic rings. The average Bonchev–Trinajstić information content (AvgIpc) is 2.27. The van der Waals surface area contributed by atoms with Gasteiger partial charge in [0.1, 0.15) is 0 Å². The lowest BCUT2D eigenvalue weighted by molar-refractivity contribution is 0.147. The first-order chi connectivity index (χ1) is 7.27. The van der Waals surface area contributed by atoms with Crippen LogP contribution in [0.5, 0.6) is 0 Å². The molecule has 2 amide bonds. The summed E-state index contributed by atoms with van der Waals surface area (Å²) in [6.45, 7) is 6.90. The normalized spacial score (nSPS) is 18.4. The van der Waals surface area contributed by atoms with Crippen LogP contribution in [0.4, 0.5) is 4.79 Å². The molecule has 1 N–H and O–H groups in total. The Balaban J connectivity index is 2.26. The van der Waals surface area contributed by atoms with Gasteiger partial charge in [-0.1, -0.05) is 17.7 Å². The van der Waals surface area contributed by atoms with Gasteiger partial charge < -0.3 is 10.2 Å². The van der Waals surface area contributed by atoms with Gasteiger partial charge >= 0.3 is 6.03 Å². The SMILES string of the molecule is CCNC(=O)N1CCN(C/C=C/Cl)CC1. The second-order valence-electron chi connectivity index (χ2n) is 3.48. The van der Waals surface area contributed by atoms with Gasteiger partial charge in [0.15, 0.2) is 0 Å². The minimum atomic E-state index is 0.0463. The lowest BCUT2D eigenvalue weighted by atomic mass is 10.3. The van der Waals surface area contributed by atoms with Crippen molar-refractivity contribution in [1.82, 2.24) is 15.1 Å². The molecule has 0 aliphatic carbocycles. The van der Waals surface area contributed by atoms with Crippen molar-refractivity contribution in [1.29, 1.82) is 0 Å². The van der Waals surface area contributed by atoms with E-state index in [-0.39, 0.29) is 6.03 Å². The van der Waals surface area contributed by atoms with Crippen LogP contribution in [-0.2, 0) is 0 Å². The van der Waals surface area contributed by atoms with Crippen molar-refractivity contribution in [2.24, 2.45) is 0 Å². The third-order valence-corrected chi connectivity index (χ3v) is 2.62. The quantitative estimate of drug-likeness (QED) is 0.789. The Labute approximate surface area is 95.9 Å². The van der Waals surface area contributed by atoms with Gasteiger partial charge in [0.25, 0.3) is 0 Å². The van der Waals surface area contributed by atoms with Crippen molar-refractivity contribution in [3.05, 3.63) is 11.6 Å². The maximum atomic E-state index is 11.5. The topological polar surface area (TPSA) is 35.6 Å². The number of amides is 2. The number of carbonyl (C=O) groups excluding carboxylic acids is 1. The Bertz CT molecular complexity index is 225. The molecule has 0 bridgehead atoms. The molecule has 0 radical (unpaired) electrons. The van der Waals surface area contributed by atoms with E-state index in [1.807, 2.05) is 17.9 Å². The van der Waals surface area contributed by atoms with Gasteiger partial charge in [-0.2, -0.15) is 0 Å². The second kappa shape index (κ2) is 6.69. The Kier molecular flexibility index (Phi) is 5.50. The molecule has 0 unspecified atom stereocenters. The molecular formula is C10H18ClN3O. The molecule has 0 saturated carbocycles. The van der Waals surface area contributed by atoms with Crippen molar-refractivity contribution in [2.75, 3.05) is 39.3 Å². The molecular weight excluding hydrogens is 214 g/mol. The van der Waals surface area contributed by atoms with Crippen molar-refractivity contribution in [3.8, 4) is 0 Å². The third-order valence-electron chi connectivity index (χ3n) is 2.44. The summed E-state index contributed by atoms with van der Waals surface area (Å²) >= 11 is 5.46. The number of rotatable bonds is 3. The summed E-state index contributed by atoms with van der Waals surface area (Å²) in [4.78, 5) is 15.6. The first-order valence-corrected chi connectivity index (χ1v) is 5.72. The van der Waals surface area contributed by atoms with Crippen LogP contribution in [0.25, 0.3) is 0 Å². The zero-order chi connectivity index (χ0) is 11.1. The lowest BCUT2D eigenvalue weighted by Crippen LogP contribution is -2.51. The maximum absolute atomic E-state index is 11.5. The van der Waals surface area contributed by atoms with Gasteiger partial charge in [-0.25, -0.2) is 4.79 Å². The van der Waals surface area contributed by atoms with E-state index >= 15 is 0 Å². The van der Waals surface area contributed by atoms with Gasteiger partial charge in [-0.15, -0.1) is 0 Å². The number of nitrogens with zero attached hydrogens (tertiary/aromatic N) is 2. The number of halogens is 1. The van der Waals surface area contributed by atoms with Gasteiger partial charge in [0, 0.05) is 44.8 Å². The fourth-order valence-corrected chi connectivity index (χ4v) is 1.67. The predicted octanol–water partition coefficient (Wildman–Crippen LogP) is 1.09. The van der Waals surface area contributed by atoms with E-state index in [9.17, 15) is 4.79 Å². The van der Waals surface area contributed by atoms with E-state index in [4.69, 9.17) is 11.6 Å². The molecule has 0 aromatic heterocycles. The van der Waals surface area contributed by atoms with E-state index < -0.39 is 0 Å². The highest BCUT2D eigenvalue weighted by atomic mass is 35.5. The highest BCUT2D eigenvalue weighted by Crippen LogP contribution is 2.01. The van der Waals surface area contributed by atoms with Crippen molar-refractivity contribution < 1.29 is 4.79 Å². The summed E-state index contributed by atoms with van der Waals surface area (Å²) in [5.41, 5.74) is 1.54. The van der Waals surface area contributed by atoms with E-state index in [0.29, 0.717) is 6.54 Å². The van der Waals surface area contributed by atoms with Gasteiger partial charge in [0.05, 0.1) is 0 Å². The number of nitrogens with one attached hydrogen (secondary N) is 1. The smallest absolute Gasteiger partial charge is 0.317 e. The number of carbonyl (C=O) groups is 1. The Morgan fingerprint density at radius 2 is 2.07 bits per heavy atom. The summed E-state index contributed by atoms with van der Waals surface area (Å²) in [6, 6.07) is 0.0463. The summed E-state index contributed by atoms with van der Waals surface area (Å²) in [5, 5.41) is 2.81. The summed E-state index contributed by atoms with van der Waals surface area (Å²) < 4.78 is 0. The first kappa shape index (κ1) is 12.3. The zero-order valence-corrected chi connectivity index (χ0v) is 9.83. The predicted molar refractivity (Wildman–Crippen MR) is 62.1 cm³/mol. The average molecular weight is 232 g/mol. The molecule has 1 heterocycles. The third kappa shape index (κ3) is 4.10. The molecule has 15 heavy (non-hydrogen) atoms. The number of piperazine rings is 1. The molecule has 4 nitrogen and oxygen atoms in total. The van der Waals surface area contributed by atoms with E-state index in [2.05, 4.69) is 10.2 Å². The van der Waals surface area contributed by atoms with Crippen LogP contribution in [0, 0.1) is 0 Å². The van der Waals surface area contributed by atoms with Crippen LogP contribution in [0.15, 0.2) is 11.6 Å². The molecule has 0 atom stereocenters. The molecule has 86 valence electrons. The van der Waals surface area contributed by atoms with E-state index in [0.717, 1.165) is 32.7 Å². The molecule has 0 spiro atoms. The summed E-state index contributed by atoms with van der Waals surface area (Å²) in [7, 11) is 0. The molecule has 1 aliphatic heterocycles. The molecule has 1 saturated heterocycles. The minimum absolute atomic E-state index is 0.0463. The largest absolute Gasteiger partial charge is 0.338 e. The fourth-order valence-electron chi connectivity index (χ4n) is 1.59. The van der Waals surface area contributed by atoms with Gasteiger partial charge in [-0.05, 0) is 6.92 Å². The maximum Gasteiger partial charge on any atom is 0.317 e. The molecule has 5 heteroatoms. The van der Waals surface area contributed by atoms with E-state index in [1.165, 1.54) is 5.54 Å².